The Hall–Kier alpha value is -2.88. The van der Waals surface area contributed by atoms with Gasteiger partial charge < -0.3 is 15.5 Å². The van der Waals surface area contributed by atoms with Crippen LogP contribution in [0.25, 0.3) is 11.4 Å². The summed E-state index contributed by atoms with van der Waals surface area (Å²) in [6, 6.07) is 10.4. The van der Waals surface area contributed by atoms with Gasteiger partial charge in [-0.25, -0.2) is 9.97 Å². The molecular weight excluding hydrogens is 433 g/mol. The van der Waals surface area contributed by atoms with E-state index < -0.39 is 17.8 Å². The lowest BCUT2D eigenvalue weighted by Crippen LogP contribution is -2.36. The highest BCUT2D eigenvalue weighted by molar-refractivity contribution is 5.56. The number of aliphatic hydroxyl groups excluding tert-OH is 2. The zero-order valence-corrected chi connectivity index (χ0v) is 17.8. The standard InChI is InChI=1S/C24H25F3N4O2/c25-24(26,27)17-5-1-4-16(9-17)23-29-8-6-18(31-23)10-19-20(14-32)22(33)11-21(19)30-13-15-3-2-7-28-12-15/h1-9,12,19-22,30,32-33H,10-11,13-14H2. The van der Waals surface area contributed by atoms with E-state index in [4.69, 9.17) is 0 Å². The van der Waals surface area contributed by atoms with E-state index in [0.29, 0.717) is 25.1 Å². The molecule has 2 heterocycles. The summed E-state index contributed by atoms with van der Waals surface area (Å²) in [5.41, 5.74) is 1.17. The maximum atomic E-state index is 13.1. The zero-order valence-electron chi connectivity index (χ0n) is 17.8. The normalized spacial score (nSPS) is 23.1. The molecule has 1 fully saturated rings. The molecule has 9 heteroatoms. The monoisotopic (exact) mass is 458 g/mol. The van der Waals surface area contributed by atoms with E-state index in [-0.39, 0.29) is 35.9 Å². The van der Waals surface area contributed by atoms with Crippen molar-refractivity contribution in [1.82, 2.24) is 20.3 Å². The van der Waals surface area contributed by atoms with Gasteiger partial charge in [0.15, 0.2) is 5.82 Å². The molecular formula is C24H25F3N4O2. The molecule has 174 valence electrons. The van der Waals surface area contributed by atoms with Gasteiger partial charge in [-0.05, 0) is 48.6 Å². The molecule has 4 atom stereocenters. The van der Waals surface area contributed by atoms with Gasteiger partial charge in [0.25, 0.3) is 0 Å². The minimum absolute atomic E-state index is 0.0654. The second kappa shape index (κ2) is 9.94. The number of benzene rings is 1. The number of aromatic nitrogens is 3. The third-order valence-corrected chi connectivity index (χ3v) is 6.16. The number of pyridine rings is 1. The largest absolute Gasteiger partial charge is 0.416 e. The SMILES string of the molecule is OCC1C(O)CC(NCc2cccnc2)C1Cc1ccnc(-c2cccc(C(F)(F)F)c2)n1. The van der Waals surface area contributed by atoms with E-state index in [2.05, 4.69) is 20.3 Å². The van der Waals surface area contributed by atoms with E-state index in [1.165, 1.54) is 12.3 Å². The number of nitrogens with zero attached hydrogens (tertiary/aromatic N) is 3. The Morgan fingerprint density at radius 2 is 1.91 bits per heavy atom. The minimum Gasteiger partial charge on any atom is -0.396 e. The van der Waals surface area contributed by atoms with Crippen molar-refractivity contribution < 1.29 is 23.4 Å². The fourth-order valence-corrected chi connectivity index (χ4v) is 4.46. The average Bonchev–Trinajstić information content (AvgIpc) is 3.12. The number of nitrogens with one attached hydrogen (secondary N) is 1. The average molecular weight is 458 g/mol. The predicted octanol–water partition coefficient (Wildman–Crippen LogP) is 3.25. The summed E-state index contributed by atoms with van der Waals surface area (Å²) in [6.07, 6.45) is 0.817. The molecule has 0 aliphatic heterocycles. The van der Waals surface area contributed by atoms with Gasteiger partial charge in [0.1, 0.15) is 0 Å². The Balaban J connectivity index is 1.53. The van der Waals surface area contributed by atoms with Crippen LogP contribution < -0.4 is 5.32 Å². The molecule has 0 saturated heterocycles. The Kier molecular flexibility index (Phi) is 7.02. The molecule has 1 aromatic carbocycles. The summed E-state index contributed by atoms with van der Waals surface area (Å²) in [5.74, 6) is -0.230. The Labute approximate surface area is 189 Å². The van der Waals surface area contributed by atoms with Crippen LogP contribution in [0, 0.1) is 11.8 Å². The summed E-state index contributed by atoms with van der Waals surface area (Å²) in [5, 5.41) is 23.8. The van der Waals surface area contributed by atoms with Gasteiger partial charge in [-0.15, -0.1) is 0 Å². The number of aliphatic hydroxyl groups is 2. The molecule has 33 heavy (non-hydrogen) atoms. The fourth-order valence-electron chi connectivity index (χ4n) is 4.46. The highest BCUT2D eigenvalue weighted by Crippen LogP contribution is 2.35. The first-order chi connectivity index (χ1) is 15.8. The Morgan fingerprint density at radius 3 is 2.64 bits per heavy atom. The number of hydrogen-bond acceptors (Lipinski definition) is 6. The summed E-state index contributed by atoms with van der Waals surface area (Å²) in [4.78, 5) is 12.8. The topological polar surface area (TPSA) is 91.2 Å². The number of halogens is 3. The molecule has 0 radical (unpaired) electrons. The first-order valence-electron chi connectivity index (χ1n) is 10.8. The van der Waals surface area contributed by atoms with Crippen LogP contribution in [0.15, 0.2) is 61.1 Å². The van der Waals surface area contributed by atoms with Gasteiger partial charge in [-0.3, -0.25) is 4.98 Å². The number of alkyl halides is 3. The lowest BCUT2D eigenvalue weighted by Gasteiger charge is -2.25. The van der Waals surface area contributed by atoms with Crippen LogP contribution in [-0.2, 0) is 19.1 Å². The van der Waals surface area contributed by atoms with Crippen molar-refractivity contribution in [3.8, 4) is 11.4 Å². The van der Waals surface area contributed by atoms with E-state index in [9.17, 15) is 23.4 Å². The first kappa shape index (κ1) is 23.3. The van der Waals surface area contributed by atoms with Crippen molar-refractivity contribution in [3.05, 3.63) is 77.9 Å². The molecule has 0 spiro atoms. The van der Waals surface area contributed by atoms with Crippen LogP contribution in [-0.4, -0.2) is 43.9 Å². The Bertz CT molecular complexity index is 1060. The molecule has 1 aliphatic carbocycles. The van der Waals surface area contributed by atoms with Gasteiger partial charge >= 0.3 is 6.18 Å². The second-order valence-corrected chi connectivity index (χ2v) is 8.32. The number of hydrogen-bond donors (Lipinski definition) is 3. The first-order valence-corrected chi connectivity index (χ1v) is 10.8. The van der Waals surface area contributed by atoms with E-state index in [1.807, 2.05) is 12.1 Å². The molecule has 3 aromatic rings. The van der Waals surface area contributed by atoms with E-state index in [0.717, 1.165) is 17.7 Å². The zero-order chi connectivity index (χ0) is 23.4. The predicted molar refractivity (Wildman–Crippen MR) is 116 cm³/mol. The molecule has 3 N–H and O–H groups in total. The highest BCUT2D eigenvalue weighted by atomic mass is 19.4. The van der Waals surface area contributed by atoms with Crippen LogP contribution in [0.5, 0.6) is 0 Å². The molecule has 0 bridgehead atoms. The van der Waals surface area contributed by atoms with Gasteiger partial charge in [-0.1, -0.05) is 18.2 Å². The lowest BCUT2D eigenvalue weighted by molar-refractivity contribution is -0.137. The maximum Gasteiger partial charge on any atom is 0.416 e. The van der Waals surface area contributed by atoms with Crippen molar-refractivity contribution in [2.24, 2.45) is 11.8 Å². The summed E-state index contributed by atoms with van der Waals surface area (Å²) >= 11 is 0. The van der Waals surface area contributed by atoms with Gasteiger partial charge in [0.2, 0.25) is 0 Å². The van der Waals surface area contributed by atoms with Crippen molar-refractivity contribution in [2.45, 2.75) is 37.7 Å². The summed E-state index contributed by atoms with van der Waals surface area (Å²) < 4.78 is 39.3. The third-order valence-electron chi connectivity index (χ3n) is 6.16. The van der Waals surface area contributed by atoms with Gasteiger partial charge in [0.05, 0.1) is 11.7 Å². The van der Waals surface area contributed by atoms with Crippen LogP contribution in [0.4, 0.5) is 13.2 Å². The molecule has 6 nitrogen and oxygen atoms in total. The lowest BCUT2D eigenvalue weighted by atomic mass is 9.88. The van der Waals surface area contributed by atoms with Crippen LogP contribution in [0.2, 0.25) is 0 Å². The van der Waals surface area contributed by atoms with Crippen LogP contribution >= 0.6 is 0 Å². The van der Waals surface area contributed by atoms with Crippen LogP contribution in [0.1, 0.15) is 23.2 Å². The van der Waals surface area contributed by atoms with Crippen molar-refractivity contribution in [1.29, 1.82) is 0 Å². The van der Waals surface area contributed by atoms with Gasteiger partial charge in [0, 0.05) is 55.0 Å². The maximum absolute atomic E-state index is 13.1. The molecule has 0 amide bonds. The highest BCUT2D eigenvalue weighted by Gasteiger charge is 2.42. The number of rotatable bonds is 7. The van der Waals surface area contributed by atoms with Crippen molar-refractivity contribution >= 4 is 0 Å². The fraction of sp³-hybridized carbons (Fsp3) is 0.375. The minimum atomic E-state index is -4.45. The smallest absolute Gasteiger partial charge is 0.396 e. The molecule has 1 saturated carbocycles. The van der Waals surface area contributed by atoms with E-state index >= 15 is 0 Å². The third kappa shape index (κ3) is 5.55. The summed E-state index contributed by atoms with van der Waals surface area (Å²) in [7, 11) is 0. The second-order valence-electron chi connectivity index (χ2n) is 8.32. The van der Waals surface area contributed by atoms with Crippen molar-refractivity contribution in [2.75, 3.05) is 6.61 Å². The molecule has 1 aliphatic rings. The summed E-state index contributed by atoms with van der Waals surface area (Å²) in [6.45, 7) is 0.404. The van der Waals surface area contributed by atoms with Crippen molar-refractivity contribution in [3.63, 3.8) is 0 Å². The molecule has 2 aromatic heterocycles. The van der Waals surface area contributed by atoms with Crippen LogP contribution in [0.3, 0.4) is 0 Å². The Morgan fingerprint density at radius 1 is 1.06 bits per heavy atom. The molecule has 4 rings (SSSR count). The van der Waals surface area contributed by atoms with E-state index in [1.54, 1.807) is 24.5 Å². The van der Waals surface area contributed by atoms with Gasteiger partial charge in [-0.2, -0.15) is 13.2 Å². The quantitative estimate of drug-likeness (QED) is 0.504. The molecule has 4 unspecified atom stereocenters.